The monoisotopic (exact) mass is 365 g/mol. The average molecular weight is 365 g/mol. The molecule has 5 nitrogen and oxygen atoms in total. The number of amides is 2. The Morgan fingerprint density at radius 3 is 2.52 bits per heavy atom. The first-order valence-corrected chi connectivity index (χ1v) is 9.67. The number of carbonyl (C=O) groups is 2. The third-order valence-electron chi connectivity index (χ3n) is 5.08. The first-order chi connectivity index (χ1) is 13.1. The van der Waals surface area contributed by atoms with Crippen LogP contribution in [0.1, 0.15) is 36.8 Å². The van der Waals surface area contributed by atoms with Crippen LogP contribution in [0.5, 0.6) is 0 Å². The predicted molar refractivity (Wildman–Crippen MR) is 106 cm³/mol. The van der Waals surface area contributed by atoms with Gasteiger partial charge in [0.15, 0.2) is 0 Å². The van der Waals surface area contributed by atoms with Crippen LogP contribution in [-0.2, 0) is 16.0 Å². The number of hydrogen-bond donors (Lipinski definition) is 1. The summed E-state index contributed by atoms with van der Waals surface area (Å²) in [6.07, 6.45) is 5.52. The van der Waals surface area contributed by atoms with Crippen molar-refractivity contribution in [2.24, 2.45) is 5.92 Å². The molecule has 0 radical (unpaired) electrons. The van der Waals surface area contributed by atoms with Crippen molar-refractivity contribution < 1.29 is 9.59 Å². The molecule has 1 aromatic carbocycles. The molecule has 1 fully saturated rings. The molecule has 2 aromatic rings. The van der Waals surface area contributed by atoms with Crippen molar-refractivity contribution in [3.8, 4) is 0 Å². The van der Waals surface area contributed by atoms with Gasteiger partial charge in [0.05, 0.1) is 0 Å². The molecule has 0 atom stereocenters. The lowest BCUT2D eigenvalue weighted by atomic mass is 9.95. The molecule has 1 aliphatic rings. The number of carbonyl (C=O) groups excluding carboxylic acids is 2. The number of hydrogen-bond acceptors (Lipinski definition) is 3. The predicted octanol–water partition coefficient (Wildman–Crippen LogP) is 3.59. The Kier molecular flexibility index (Phi) is 6.58. The van der Waals surface area contributed by atoms with Crippen molar-refractivity contribution in [1.82, 2.24) is 9.88 Å². The minimum Gasteiger partial charge on any atom is -0.343 e. The second kappa shape index (κ2) is 9.31. The molecule has 27 heavy (non-hydrogen) atoms. The van der Waals surface area contributed by atoms with Crippen molar-refractivity contribution in [2.75, 3.05) is 18.4 Å². The van der Waals surface area contributed by atoms with E-state index in [2.05, 4.69) is 22.4 Å². The van der Waals surface area contributed by atoms with E-state index in [0.717, 1.165) is 18.4 Å². The van der Waals surface area contributed by atoms with Gasteiger partial charge in [-0.25, -0.2) is 4.98 Å². The molecule has 1 N–H and O–H groups in total. The smallest absolute Gasteiger partial charge is 0.228 e. The molecule has 0 aliphatic carbocycles. The van der Waals surface area contributed by atoms with E-state index in [4.69, 9.17) is 0 Å². The normalized spacial score (nSPS) is 14.8. The van der Waals surface area contributed by atoms with Gasteiger partial charge in [-0.3, -0.25) is 9.59 Å². The van der Waals surface area contributed by atoms with Crippen LogP contribution < -0.4 is 5.32 Å². The highest BCUT2D eigenvalue weighted by Crippen LogP contribution is 2.20. The second-order valence-corrected chi connectivity index (χ2v) is 7.20. The van der Waals surface area contributed by atoms with Crippen LogP contribution >= 0.6 is 0 Å². The van der Waals surface area contributed by atoms with E-state index in [1.807, 2.05) is 42.2 Å². The zero-order chi connectivity index (χ0) is 19.1. The molecule has 3 rings (SSSR count). The molecule has 0 saturated carbocycles. The standard InChI is InChI=1S/C22H27N3O2/c1-17-10-11-20(23-16-17)24-22(27)19-12-14-25(15-13-19)21(26)9-5-8-18-6-3-2-4-7-18/h2-4,6-7,10-11,16,19H,5,8-9,12-15H2,1H3,(H,23,24,27). The molecular formula is C22H27N3O2. The van der Waals surface area contributed by atoms with Crippen molar-refractivity contribution in [3.05, 3.63) is 59.8 Å². The third kappa shape index (κ3) is 5.64. The zero-order valence-corrected chi connectivity index (χ0v) is 15.9. The second-order valence-electron chi connectivity index (χ2n) is 7.20. The Morgan fingerprint density at radius 1 is 1.11 bits per heavy atom. The Morgan fingerprint density at radius 2 is 1.85 bits per heavy atom. The maximum Gasteiger partial charge on any atom is 0.228 e. The Hall–Kier alpha value is -2.69. The minimum atomic E-state index is -0.0542. The summed E-state index contributed by atoms with van der Waals surface area (Å²) in [6, 6.07) is 14.0. The van der Waals surface area contributed by atoms with E-state index in [-0.39, 0.29) is 17.7 Å². The fourth-order valence-electron chi connectivity index (χ4n) is 3.41. The highest BCUT2D eigenvalue weighted by molar-refractivity contribution is 5.91. The molecule has 1 saturated heterocycles. The third-order valence-corrected chi connectivity index (χ3v) is 5.08. The van der Waals surface area contributed by atoms with Gasteiger partial charge in [0, 0.05) is 31.6 Å². The molecule has 142 valence electrons. The van der Waals surface area contributed by atoms with Gasteiger partial charge in [-0.1, -0.05) is 36.4 Å². The summed E-state index contributed by atoms with van der Waals surface area (Å²) in [4.78, 5) is 30.9. The van der Waals surface area contributed by atoms with Gasteiger partial charge in [-0.05, 0) is 49.8 Å². The Balaban J connectivity index is 1.39. The number of piperidine rings is 1. The molecule has 0 spiro atoms. The number of aryl methyl sites for hydroxylation is 2. The number of likely N-dealkylation sites (tertiary alicyclic amines) is 1. The Labute approximate surface area is 160 Å². The summed E-state index contributed by atoms with van der Waals surface area (Å²) < 4.78 is 0. The average Bonchev–Trinajstić information content (AvgIpc) is 2.70. The van der Waals surface area contributed by atoms with Crippen LogP contribution in [0, 0.1) is 12.8 Å². The number of nitrogens with one attached hydrogen (secondary N) is 1. The molecular weight excluding hydrogens is 338 g/mol. The molecule has 1 aliphatic heterocycles. The fraction of sp³-hybridized carbons (Fsp3) is 0.409. The summed E-state index contributed by atoms with van der Waals surface area (Å²) >= 11 is 0. The molecule has 0 unspecified atom stereocenters. The van der Waals surface area contributed by atoms with E-state index < -0.39 is 0 Å². The van der Waals surface area contributed by atoms with Crippen LogP contribution in [0.2, 0.25) is 0 Å². The SMILES string of the molecule is Cc1ccc(NC(=O)C2CCN(C(=O)CCCc3ccccc3)CC2)nc1. The molecule has 5 heteroatoms. The quantitative estimate of drug-likeness (QED) is 0.851. The van der Waals surface area contributed by atoms with Crippen LogP contribution in [0.25, 0.3) is 0 Å². The van der Waals surface area contributed by atoms with E-state index in [9.17, 15) is 9.59 Å². The summed E-state index contributed by atoms with van der Waals surface area (Å²) in [5, 5.41) is 2.88. The van der Waals surface area contributed by atoms with Crippen molar-refractivity contribution in [3.63, 3.8) is 0 Å². The van der Waals surface area contributed by atoms with Gasteiger partial charge < -0.3 is 10.2 Å². The van der Waals surface area contributed by atoms with Gasteiger partial charge in [0.1, 0.15) is 5.82 Å². The summed E-state index contributed by atoms with van der Waals surface area (Å²) in [7, 11) is 0. The van der Waals surface area contributed by atoms with Crippen LogP contribution in [0.15, 0.2) is 48.7 Å². The van der Waals surface area contributed by atoms with Crippen LogP contribution in [0.3, 0.4) is 0 Å². The molecule has 2 amide bonds. The number of anilines is 1. The zero-order valence-electron chi connectivity index (χ0n) is 15.9. The van der Waals surface area contributed by atoms with E-state index in [1.165, 1.54) is 5.56 Å². The van der Waals surface area contributed by atoms with Gasteiger partial charge >= 0.3 is 0 Å². The largest absolute Gasteiger partial charge is 0.343 e. The first kappa shape index (κ1) is 19.1. The molecule has 0 bridgehead atoms. The lowest BCUT2D eigenvalue weighted by Crippen LogP contribution is -2.41. The van der Waals surface area contributed by atoms with E-state index >= 15 is 0 Å². The summed E-state index contributed by atoms with van der Waals surface area (Å²) in [5.41, 5.74) is 2.33. The van der Waals surface area contributed by atoms with Crippen molar-refractivity contribution >= 4 is 17.6 Å². The number of benzene rings is 1. The fourth-order valence-corrected chi connectivity index (χ4v) is 3.41. The Bertz CT molecular complexity index is 751. The topological polar surface area (TPSA) is 62.3 Å². The van der Waals surface area contributed by atoms with Crippen molar-refractivity contribution in [1.29, 1.82) is 0 Å². The number of aromatic nitrogens is 1. The minimum absolute atomic E-state index is 0.00234. The first-order valence-electron chi connectivity index (χ1n) is 9.67. The highest BCUT2D eigenvalue weighted by Gasteiger charge is 2.27. The lowest BCUT2D eigenvalue weighted by molar-refractivity contribution is -0.134. The maximum atomic E-state index is 12.4. The number of rotatable bonds is 6. The van der Waals surface area contributed by atoms with Crippen molar-refractivity contribution in [2.45, 2.75) is 39.0 Å². The van der Waals surface area contributed by atoms with Crippen LogP contribution in [-0.4, -0.2) is 34.8 Å². The lowest BCUT2D eigenvalue weighted by Gasteiger charge is -2.31. The van der Waals surface area contributed by atoms with Crippen LogP contribution in [0.4, 0.5) is 5.82 Å². The maximum absolute atomic E-state index is 12.4. The van der Waals surface area contributed by atoms with Gasteiger partial charge in [-0.15, -0.1) is 0 Å². The molecule has 2 heterocycles. The summed E-state index contributed by atoms with van der Waals surface area (Å²) in [6.45, 7) is 3.28. The number of nitrogens with zero attached hydrogens (tertiary/aromatic N) is 2. The number of pyridine rings is 1. The van der Waals surface area contributed by atoms with Gasteiger partial charge in [-0.2, -0.15) is 0 Å². The van der Waals surface area contributed by atoms with E-state index in [1.54, 1.807) is 6.20 Å². The van der Waals surface area contributed by atoms with Gasteiger partial charge in [0.25, 0.3) is 0 Å². The van der Waals surface area contributed by atoms with Gasteiger partial charge in [0.2, 0.25) is 11.8 Å². The highest BCUT2D eigenvalue weighted by atomic mass is 16.2. The summed E-state index contributed by atoms with van der Waals surface area (Å²) in [5.74, 6) is 0.735. The molecule has 1 aromatic heterocycles. The van der Waals surface area contributed by atoms with E-state index in [0.29, 0.717) is 38.2 Å².